The van der Waals surface area contributed by atoms with Crippen molar-refractivity contribution in [3.8, 4) is 11.5 Å². The Bertz CT molecular complexity index is 749. The van der Waals surface area contributed by atoms with Crippen molar-refractivity contribution in [3.63, 3.8) is 0 Å². The number of hydrogen-bond donors (Lipinski definition) is 3. The maximum absolute atomic E-state index is 12.0. The molecule has 2 rings (SSSR count). The van der Waals surface area contributed by atoms with Crippen molar-refractivity contribution >= 4 is 35.8 Å². The molecule has 0 saturated carbocycles. The van der Waals surface area contributed by atoms with Crippen LogP contribution < -0.4 is 25.4 Å². The van der Waals surface area contributed by atoms with Crippen molar-refractivity contribution in [2.45, 2.75) is 13.1 Å². The number of amides is 1. The van der Waals surface area contributed by atoms with E-state index in [2.05, 4.69) is 20.9 Å². The summed E-state index contributed by atoms with van der Waals surface area (Å²) in [5, 5.41) is 9.03. The summed E-state index contributed by atoms with van der Waals surface area (Å²) in [6.07, 6.45) is 0. The first-order valence-electron chi connectivity index (χ1n) is 8.61. The van der Waals surface area contributed by atoms with E-state index >= 15 is 0 Å². The second kappa shape index (κ2) is 12.8. The summed E-state index contributed by atoms with van der Waals surface area (Å²) in [5.74, 6) is 2.05. The normalized spacial score (nSPS) is 10.5. The molecule has 0 bridgehead atoms. The molecule has 0 fully saturated rings. The van der Waals surface area contributed by atoms with Crippen LogP contribution >= 0.6 is 24.0 Å². The molecule has 7 nitrogen and oxygen atoms in total. The van der Waals surface area contributed by atoms with E-state index < -0.39 is 0 Å². The topological polar surface area (TPSA) is 84.0 Å². The van der Waals surface area contributed by atoms with E-state index in [1.165, 1.54) is 0 Å². The molecule has 0 spiro atoms. The van der Waals surface area contributed by atoms with Crippen LogP contribution in [0.25, 0.3) is 0 Å². The molecule has 1 amide bonds. The summed E-state index contributed by atoms with van der Waals surface area (Å²) in [4.78, 5) is 16.1. The van der Waals surface area contributed by atoms with E-state index in [4.69, 9.17) is 9.47 Å². The standard InChI is InChI=1S/C20H26N4O3.HI/c1-21-20(23-13-16-6-10-18(27-3)11-7-16)24-14-19(25)22-12-15-4-8-17(26-2)9-5-15;/h4-11H,12-14H2,1-3H3,(H,22,25)(H2,21,23,24);1H. The van der Waals surface area contributed by atoms with Crippen LogP contribution in [0.2, 0.25) is 0 Å². The van der Waals surface area contributed by atoms with Crippen LogP contribution in [-0.2, 0) is 17.9 Å². The van der Waals surface area contributed by atoms with Gasteiger partial charge in [0, 0.05) is 20.1 Å². The molecule has 28 heavy (non-hydrogen) atoms. The quantitative estimate of drug-likeness (QED) is 0.296. The number of nitrogens with one attached hydrogen (secondary N) is 3. The Balaban J connectivity index is 0.00000392. The van der Waals surface area contributed by atoms with Gasteiger partial charge in [0.05, 0.1) is 20.8 Å². The van der Waals surface area contributed by atoms with E-state index in [9.17, 15) is 4.79 Å². The molecule has 0 aromatic heterocycles. The van der Waals surface area contributed by atoms with Crippen molar-refractivity contribution in [2.75, 3.05) is 27.8 Å². The Labute approximate surface area is 182 Å². The summed E-state index contributed by atoms with van der Waals surface area (Å²) in [6.45, 7) is 1.19. The van der Waals surface area contributed by atoms with Crippen molar-refractivity contribution in [2.24, 2.45) is 4.99 Å². The highest BCUT2D eigenvalue weighted by molar-refractivity contribution is 14.0. The molecule has 8 heteroatoms. The summed E-state index contributed by atoms with van der Waals surface area (Å²) in [6, 6.07) is 15.3. The van der Waals surface area contributed by atoms with Gasteiger partial charge in [0.1, 0.15) is 11.5 Å². The van der Waals surface area contributed by atoms with Gasteiger partial charge < -0.3 is 25.4 Å². The van der Waals surface area contributed by atoms with Gasteiger partial charge in [-0.25, -0.2) is 0 Å². The number of aliphatic imine (C=N–C) groups is 1. The van der Waals surface area contributed by atoms with Gasteiger partial charge in [-0.1, -0.05) is 24.3 Å². The zero-order chi connectivity index (χ0) is 19.5. The number of guanidine groups is 1. The van der Waals surface area contributed by atoms with Crippen LogP contribution in [0.15, 0.2) is 53.5 Å². The van der Waals surface area contributed by atoms with E-state index in [0.717, 1.165) is 22.6 Å². The van der Waals surface area contributed by atoms with Gasteiger partial charge in [-0.05, 0) is 35.4 Å². The Morgan fingerprint density at radius 2 is 1.29 bits per heavy atom. The summed E-state index contributed by atoms with van der Waals surface area (Å²) >= 11 is 0. The molecule has 152 valence electrons. The number of ether oxygens (including phenoxy) is 2. The second-order valence-corrected chi connectivity index (χ2v) is 5.75. The van der Waals surface area contributed by atoms with Gasteiger partial charge >= 0.3 is 0 Å². The highest BCUT2D eigenvalue weighted by Crippen LogP contribution is 2.11. The smallest absolute Gasteiger partial charge is 0.239 e. The molecule has 0 aliphatic heterocycles. The predicted molar refractivity (Wildman–Crippen MR) is 121 cm³/mol. The molecule has 0 saturated heterocycles. The molecule has 0 radical (unpaired) electrons. The van der Waals surface area contributed by atoms with Crippen molar-refractivity contribution < 1.29 is 14.3 Å². The zero-order valence-electron chi connectivity index (χ0n) is 16.3. The Kier molecular flexibility index (Phi) is 10.8. The van der Waals surface area contributed by atoms with E-state index in [-0.39, 0.29) is 36.4 Å². The molecule has 3 N–H and O–H groups in total. The van der Waals surface area contributed by atoms with Crippen LogP contribution in [0.4, 0.5) is 0 Å². The van der Waals surface area contributed by atoms with E-state index in [1.54, 1.807) is 21.3 Å². The molecule has 0 heterocycles. The number of rotatable bonds is 8. The molecule has 2 aromatic rings. The fourth-order valence-electron chi connectivity index (χ4n) is 2.32. The molecular weight excluding hydrogens is 471 g/mol. The molecule has 0 atom stereocenters. The molecule has 2 aromatic carbocycles. The monoisotopic (exact) mass is 498 g/mol. The van der Waals surface area contributed by atoms with E-state index in [0.29, 0.717) is 19.0 Å². The summed E-state index contributed by atoms with van der Waals surface area (Å²) in [7, 11) is 4.93. The molecule has 0 unspecified atom stereocenters. The number of benzene rings is 2. The van der Waals surface area contributed by atoms with Crippen molar-refractivity contribution in [1.29, 1.82) is 0 Å². The molecular formula is C20H27IN4O3. The number of nitrogens with zero attached hydrogens (tertiary/aromatic N) is 1. The van der Waals surface area contributed by atoms with Crippen LogP contribution in [0.3, 0.4) is 0 Å². The maximum atomic E-state index is 12.0. The van der Waals surface area contributed by atoms with Gasteiger partial charge in [0.15, 0.2) is 5.96 Å². The molecule has 0 aliphatic rings. The van der Waals surface area contributed by atoms with Crippen molar-refractivity contribution in [3.05, 3.63) is 59.7 Å². The lowest BCUT2D eigenvalue weighted by Gasteiger charge is -2.12. The Morgan fingerprint density at radius 1 is 0.821 bits per heavy atom. The second-order valence-electron chi connectivity index (χ2n) is 5.75. The van der Waals surface area contributed by atoms with Gasteiger partial charge in [-0.2, -0.15) is 0 Å². The number of carbonyl (C=O) groups excluding carboxylic acids is 1. The minimum Gasteiger partial charge on any atom is -0.497 e. The van der Waals surface area contributed by atoms with Crippen LogP contribution in [0.5, 0.6) is 11.5 Å². The largest absolute Gasteiger partial charge is 0.497 e. The lowest BCUT2D eigenvalue weighted by Crippen LogP contribution is -2.42. The highest BCUT2D eigenvalue weighted by Gasteiger charge is 2.04. The average molecular weight is 498 g/mol. The summed E-state index contributed by atoms with van der Waals surface area (Å²) in [5.41, 5.74) is 2.09. The van der Waals surface area contributed by atoms with Gasteiger partial charge in [0.2, 0.25) is 5.91 Å². The molecule has 0 aliphatic carbocycles. The van der Waals surface area contributed by atoms with Crippen LogP contribution in [0.1, 0.15) is 11.1 Å². The Morgan fingerprint density at radius 3 is 1.71 bits per heavy atom. The zero-order valence-corrected chi connectivity index (χ0v) is 18.7. The van der Waals surface area contributed by atoms with Gasteiger partial charge in [-0.15, -0.1) is 24.0 Å². The number of halogens is 1. The first-order chi connectivity index (χ1) is 13.1. The number of carbonyl (C=O) groups is 1. The van der Waals surface area contributed by atoms with E-state index in [1.807, 2.05) is 48.5 Å². The average Bonchev–Trinajstić information content (AvgIpc) is 2.73. The highest BCUT2D eigenvalue weighted by atomic mass is 127. The Hall–Kier alpha value is -2.49. The fraction of sp³-hybridized carbons (Fsp3) is 0.300. The first kappa shape index (κ1) is 23.5. The van der Waals surface area contributed by atoms with Crippen molar-refractivity contribution in [1.82, 2.24) is 16.0 Å². The third-order valence-electron chi connectivity index (χ3n) is 3.91. The number of hydrogen-bond acceptors (Lipinski definition) is 4. The minimum atomic E-state index is -0.113. The van der Waals surface area contributed by atoms with Gasteiger partial charge in [0.25, 0.3) is 0 Å². The lowest BCUT2D eigenvalue weighted by molar-refractivity contribution is -0.120. The first-order valence-corrected chi connectivity index (χ1v) is 8.61. The third kappa shape index (κ3) is 8.03. The van der Waals surface area contributed by atoms with Gasteiger partial charge in [-0.3, -0.25) is 9.79 Å². The minimum absolute atomic E-state index is 0. The van der Waals surface area contributed by atoms with Crippen LogP contribution in [-0.4, -0.2) is 39.7 Å². The number of methoxy groups -OCH3 is 2. The van der Waals surface area contributed by atoms with Crippen LogP contribution in [0, 0.1) is 0 Å². The third-order valence-corrected chi connectivity index (χ3v) is 3.91. The fourth-order valence-corrected chi connectivity index (χ4v) is 2.32. The maximum Gasteiger partial charge on any atom is 0.239 e. The SMILES string of the molecule is CN=C(NCC(=O)NCc1ccc(OC)cc1)NCc1ccc(OC)cc1.I. The lowest BCUT2D eigenvalue weighted by atomic mass is 10.2. The predicted octanol–water partition coefficient (Wildman–Crippen LogP) is 2.30. The summed E-state index contributed by atoms with van der Waals surface area (Å²) < 4.78 is 10.3.